The van der Waals surface area contributed by atoms with Crippen molar-refractivity contribution in [3.63, 3.8) is 0 Å². The van der Waals surface area contributed by atoms with Crippen LogP contribution in [0.2, 0.25) is 16.6 Å². The van der Waals surface area contributed by atoms with Crippen molar-refractivity contribution in [3.8, 4) is 0 Å². The van der Waals surface area contributed by atoms with Gasteiger partial charge in [0.15, 0.2) is 8.24 Å². The summed E-state index contributed by atoms with van der Waals surface area (Å²) in [4.78, 5) is 3.03. The van der Waals surface area contributed by atoms with Crippen LogP contribution < -0.4 is 0 Å². The summed E-state index contributed by atoms with van der Waals surface area (Å²) in [5.41, 5.74) is 8.62. The lowest BCUT2D eigenvalue weighted by atomic mass is 10.2. The first-order chi connectivity index (χ1) is 5.56. The second kappa shape index (κ2) is 3.35. The molecule has 0 aromatic heterocycles. The van der Waals surface area contributed by atoms with Crippen molar-refractivity contribution in [1.29, 1.82) is 0 Å². The fraction of sp³-hybridized carbons (Fsp3) is 1.00. The van der Waals surface area contributed by atoms with E-state index in [-0.39, 0.29) is 10.1 Å². The Bertz CT molecular complexity index is 214. The minimum absolute atomic E-state index is 0.109. The van der Waals surface area contributed by atoms with Gasteiger partial charge in [0, 0.05) is 0 Å². The summed E-state index contributed by atoms with van der Waals surface area (Å²) in [6.45, 7) is 15.2. The fourth-order valence-corrected chi connectivity index (χ4v) is 4.54. The van der Waals surface area contributed by atoms with Crippen LogP contribution in [0.1, 0.15) is 41.5 Å². The van der Waals surface area contributed by atoms with E-state index in [1.54, 1.807) is 0 Å². The molecule has 3 nitrogen and oxygen atoms in total. The predicted octanol–water partition coefficient (Wildman–Crippen LogP) is 4.47. The molecule has 0 aliphatic rings. The average Bonchev–Trinajstić information content (AvgIpc) is 1.82. The maximum Gasteiger partial charge on any atom is 0.163 e. The van der Waals surface area contributed by atoms with E-state index in [9.17, 15) is 0 Å². The predicted molar refractivity (Wildman–Crippen MR) is 60.2 cm³/mol. The van der Waals surface area contributed by atoms with Crippen LogP contribution in [0, 0.1) is 0 Å². The van der Waals surface area contributed by atoms with Crippen LogP contribution in [0.25, 0.3) is 10.4 Å². The van der Waals surface area contributed by atoms with E-state index < -0.39 is 8.24 Å². The number of hydrogen-bond donors (Lipinski definition) is 0. The van der Waals surface area contributed by atoms with E-state index in [1.165, 1.54) is 0 Å². The molecule has 0 heterocycles. The van der Waals surface area contributed by atoms with Gasteiger partial charge in [0.2, 0.25) is 0 Å². The van der Waals surface area contributed by atoms with Crippen LogP contribution in [0.15, 0.2) is 4.78 Å². The Morgan fingerprint density at radius 3 is 1.38 bits per heavy atom. The van der Waals surface area contributed by atoms with Gasteiger partial charge in [-0.05, 0) is 20.5 Å². The van der Waals surface area contributed by atoms with Crippen molar-refractivity contribution >= 4 is 8.24 Å². The number of hydrogen-bond acceptors (Lipinski definition) is 1. The Hall–Kier alpha value is -0.473. The molecule has 0 aromatic carbocycles. The molecule has 13 heavy (non-hydrogen) atoms. The van der Waals surface area contributed by atoms with Gasteiger partial charge in [-0.3, -0.25) is 0 Å². The van der Waals surface area contributed by atoms with Crippen molar-refractivity contribution in [2.24, 2.45) is 4.78 Å². The summed E-state index contributed by atoms with van der Waals surface area (Å²) >= 11 is 0. The molecule has 76 valence electrons. The van der Waals surface area contributed by atoms with Crippen LogP contribution in [0.5, 0.6) is 0 Å². The smallest absolute Gasteiger partial charge is 0.123 e. The van der Waals surface area contributed by atoms with Crippen molar-refractivity contribution in [2.75, 3.05) is 0 Å². The summed E-state index contributed by atoms with van der Waals surface area (Å²) in [7, 11) is -1.94. The Morgan fingerprint density at radius 1 is 1.00 bits per heavy atom. The van der Waals surface area contributed by atoms with Gasteiger partial charge in [-0.1, -0.05) is 48.1 Å². The van der Waals surface area contributed by atoms with E-state index in [4.69, 9.17) is 5.53 Å². The Kier molecular flexibility index (Phi) is 3.23. The minimum Gasteiger partial charge on any atom is -0.123 e. The summed E-state index contributed by atoms with van der Waals surface area (Å²) < 4.78 is 4.12. The molecule has 0 atom stereocenters. The molecule has 0 bridgehead atoms. The molecule has 0 rings (SSSR count). The summed E-state index contributed by atoms with van der Waals surface area (Å²) in [6.07, 6.45) is 0. The lowest BCUT2D eigenvalue weighted by molar-refractivity contribution is 0.614. The monoisotopic (exact) mass is 199 g/mol. The van der Waals surface area contributed by atoms with Gasteiger partial charge in [-0.2, -0.15) is 0 Å². The van der Waals surface area contributed by atoms with Gasteiger partial charge in [0.1, 0.15) is 0 Å². The molecule has 0 radical (unpaired) electrons. The number of azide groups is 1. The second-order valence-corrected chi connectivity index (χ2v) is 11.1. The highest BCUT2D eigenvalue weighted by Crippen LogP contribution is 2.51. The van der Waals surface area contributed by atoms with Gasteiger partial charge in [-0.15, -0.1) is 4.78 Å². The maximum atomic E-state index is 8.62. The standard InChI is InChI=1S/C9H21N3Si/c1-8(2,3)13(7,12-11-10)9(4,5)6/h1-7H3. The molecule has 0 saturated carbocycles. The molecule has 0 aliphatic carbocycles. The van der Waals surface area contributed by atoms with Crippen LogP contribution >= 0.6 is 0 Å². The lowest BCUT2D eigenvalue weighted by Crippen LogP contribution is -2.46. The fourth-order valence-electron chi connectivity index (χ4n) is 1.51. The third-order valence-electron chi connectivity index (χ3n) is 3.17. The Morgan fingerprint density at radius 2 is 1.31 bits per heavy atom. The highest BCUT2D eigenvalue weighted by Gasteiger charge is 2.48. The van der Waals surface area contributed by atoms with E-state index in [0.29, 0.717) is 0 Å². The van der Waals surface area contributed by atoms with Gasteiger partial charge in [-0.25, -0.2) is 0 Å². The summed E-state index contributed by atoms with van der Waals surface area (Å²) in [6, 6.07) is 0. The largest absolute Gasteiger partial charge is 0.163 e. The van der Waals surface area contributed by atoms with E-state index in [2.05, 4.69) is 57.8 Å². The van der Waals surface area contributed by atoms with Crippen LogP contribution in [-0.2, 0) is 0 Å². The normalized spacial score (nSPS) is 13.8. The van der Waals surface area contributed by atoms with Crippen LogP contribution in [0.4, 0.5) is 0 Å². The quantitative estimate of drug-likeness (QED) is 0.259. The van der Waals surface area contributed by atoms with Crippen LogP contribution in [0.3, 0.4) is 0 Å². The van der Waals surface area contributed by atoms with Gasteiger partial charge in [0.25, 0.3) is 0 Å². The van der Waals surface area contributed by atoms with E-state index in [0.717, 1.165) is 0 Å². The topological polar surface area (TPSA) is 48.8 Å². The van der Waals surface area contributed by atoms with Gasteiger partial charge in [0.05, 0.1) is 0 Å². The molecule has 4 heteroatoms. The zero-order valence-electron chi connectivity index (χ0n) is 9.84. The second-order valence-electron chi connectivity index (χ2n) is 5.76. The lowest BCUT2D eigenvalue weighted by Gasteiger charge is -2.45. The first-order valence-electron chi connectivity index (χ1n) is 4.62. The Labute approximate surface area is 82.3 Å². The summed E-state index contributed by atoms with van der Waals surface area (Å²) in [5, 5.41) is 0.217. The molecule has 0 amide bonds. The molecular weight excluding hydrogens is 178 g/mol. The molecule has 0 aliphatic heterocycles. The number of nitrogens with zero attached hydrogens (tertiary/aromatic N) is 3. The third-order valence-corrected chi connectivity index (χ3v) is 9.50. The zero-order chi connectivity index (χ0) is 10.9. The minimum atomic E-state index is -1.94. The molecule has 0 unspecified atom stereocenters. The van der Waals surface area contributed by atoms with Crippen molar-refractivity contribution in [1.82, 2.24) is 0 Å². The Balaban J connectivity index is 5.33. The molecule has 0 aromatic rings. The summed E-state index contributed by atoms with van der Waals surface area (Å²) in [5.74, 6) is 0. The van der Waals surface area contributed by atoms with Crippen molar-refractivity contribution in [2.45, 2.75) is 58.2 Å². The number of rotatable bonds is 1. The SMILES string of the molecule is CC(C)(C)[Si](C)(N=[N+]=[N-])C(C)(C)C. The average molecular weight is 199 g/mol. The molecule has 0 spiro atoms. The maximum absolute atomic E-state index is 8.62. The zero-order valence-corrected chi connectivity index (χ0v) is 10.8. The van der Waals surface area contributed by atoms with Gasteiger partial charge >= 0.3 is 0 Å². The molecule has 0 saturated heterocycles. The highest BCUT2D eigenvalue weighted by atomic mass is 28.3. The van der Waals surface area contributed by atoms with Crippen LogP contribution in [-0.4, -0.2) is 8.24 Å². The molecular formula is C9H21N3Si. The molecule has 0 N–H and O–H groups in total. The van der Waals surface area contributed by atoms with Crippen molar-refractivity contribution < 1.29 is 0 Å². The first kappa shape index (κ1) is 12.5. The first-order valence-corrected chi connectivity index (χ1v) is 7.07. The van der Waals surface area contributed by atoms with Crippen molar-refractivity contribution in [3.05, 3.63) is 10.4 Å². The van der Waals surface area contributed by atoms with E-state index in [1.807, 2.05) is 0 Å². The third kappa shape index (κ3) is 2.26. The van der Waals surface area contributed by atoms with E-state index >= 15 is 0 Å². The molecule has 0 fully saturated rings. The highest BCUT2D eigenvalue weighted by molar-refractivity contribution is 6.82. The van der Waals surface area contributed by atoms with Gasteiger partial charge < -0.3 is 0 Å².